The summed E-state index contributed by atoms with van der Waals surface area (Å²) in [6, 6.07) is 25.0. The number of benzene rings is 3. The quantitative estimate of drug-likeness (QED) is 0.499. The van der Waals surface area contributed by atoms with Gasteiger partial charge in [-0.1, -0.05) is 60.1 Å². The maximum Gasteiger partial charge on any atom is 0.268 e. The van der Waals surface area contributed by atoms with Crippen LogP contribution < -0.4 is 0 Å². The van der Waals surface area contributed by atoms with E-state index in [-0.39, 0.29) is 4.90 Å². The fraction of sp³-hybridized carbons (Fsp3) is 0. The van der Waals surface area contributed by atoms with Gasteiger partial charge in [0.1, 0.15) is 0 Å². The summed E-state index contributed by atoms with van der Waals surface area (Å²) in [5, 5.41) is 1.35. The molecule has 0 saturated heterocycles. The van der Waals surface area contributed by atoms with Gasteiger partial charge in [-0.25, -0.2) is 12.4 Å². The summed E-state index contributed by atoms with van der Waals surface area (Å²) in [6.45, 7) is 0. The Kier molecular flexibility index (Phi) is 3.86. The molecule has 1 aromatic heterocycles. The molecule has 0 saturated carbocycles. The maximum absolute atomic E-state index is 13.3. The monoisotopic (exact) mass is 367 g/mol. The van der Waals surface area contributed by atoms with Gasteiger partial charge in [0.15, 0.2) is 0 Å². The highest BCUT2D eigenvalue weighted by Crippen LogP contribution is 2.33. The number of aromatic nitrogens is 1. The van der Waals surface area contributed by atoms with Crippen LogP contribution in [0.1, 0.15) is 0 Å². The van der Waals surface area contributed by atoms with Crippen LogP contribution in [-0.4, -0.2) is 12.4 Å². The summed E-state index contributed by atoms with van der Waals surface area (Å²) in [5.41, 5.74) is 2.04. The number of fused-ring (bicyclic) bond motifs is 1. The first kappa shape index (κ1) is 15.9. The zero-order valence-electron chi connectivity index (χ0n) is 13.1. The smallest absolute Gasteiger partial charge is 0.233 e. The number of rotatable bonds is 3. The van der Waals surface area contributed by atoms with Crippen molar-refractivity contribution in [2.45, 2.75) is 4.90 Å². The third kappa shape index (κ3) is 2.73. The molecule has 5 heteroatoms. The summed E-state index contributed by atoms with van der Waals surface area (Å²) in [6.07, 6.45) is 0. The Morgan fingerprint density at radius 3 is 2.08 bits per heavy atom. The normalized spacial score (nSPS) is 11.7. The molecule has 3 nitrogen and oxygen atoms in total. The Morgan fingerprint density at radius 1 is 0.760 bits per heavy atom. The van der Waals surface area contributed by atoms with Crippen LogP contribution in [0, 0.1) is 0 Å². The molecule has 4 rings (SSSR count). The van der Waals surface area contributed by atoms with Crippen LogP contribution in [0.2, 0.25) is 5.02 Å². The summed E-state index contributed by atoms with van der Waals surface area (Å²) in [7, 11) is -3.74. The molecule has 0 atom stereocenters. The minimum absolute atomic E-state index is 0.250. The van der Waals surface area contributed by atoms with Crippen LogP contribution in [0.3, 0.4) is 0 Å². The summed E-state index contributed by atoms with van der Waals surface area (Å²) < 4.78 is 28.0. The van der Waals surface area contributed by atoms with Crippen molar-refractivity contribution >= 4 is 32.5 Å². The van der Waals surface area contributed by atoms with Gasteiger partial charge in [-0.05, 0) is 42.0 Å². The largest absolute Gasteiger partial charge is 0.268 e. The fourth-order valence-electron chi connectivity index (χ4n) is 2.93. The molecule has 1 heterocycles. The van der Waals surface area contributed by atoms with Gasteiger partial charge in [-0.15, -0.1) is 0 Å². The summed E-state index contributed by atoms with van der Waals surface area (Å²) >= 11 is 6.10. The van der Waals surface area contributed by atoms with Gasteiger partial charge in [0, 0.05) is 10.4 Å². The first-order chi connectivity index (χ1) is 12.1. The van der Waals surface area contributed by atoms with Crippen LogP contribution in [-0.2, 0) is 10.0 Å². The van der Waals surface area contributed by atoms with E-state index in [1.54, 1.807) is 48.5 Å². The second-order valence-electron chi connectivity index (χ2n) is 5.68. The summed E-state index contributed by atoms with van der Waals surface area (Å²) in [4.78, 5) is 0.250. The van der Waals surface area contributed by atoms with Gasteiger partial charge < -0.3 is 0 Å². The van der Waals surface area contributed by atoms with Gasteiger partial charge >= 0.3 is 0 Å². The standard InChI is InChI=1S/C20H14ClNO2S/c21-17-11-12-19-16(13-17)14-20(15-7-3-1-4-8-15)22(19)25(23,24)18-9-5-2-6-10-18/h1-14H. The van der Waals surface area contributed by atoms with Crippen molar-refractivity contribution in [2.24, 2.45) is 0 Å². The van der Waals surface area contributed by atoms with Gasteiger partial charge in [0.2, 0.25) is 0 Å². The predicted octanol–water partition coefficient (Wildman–Crippen LogP) is 5.20. The van der Waals surface area contributed by atoms with E-state index < -0.39 is 10.0 Å². The Balaban J connectivity index is 2.08. The number of nitrogens with zero attached hydrogens (tertiary/aromatic N) is 1. The van der Waals surface area contributed by atoms with Crippen molar-refractivity contribution in [2.75, 3.05) is 0 Å². The molecule has 3 aromatic carbocycles. The second kappa shape index (κ2) is 6.06. The molecule has 0 fully saturated rings. The molecule has 25 heavy (non-hydrogen) atoms. The van der Waals surface area contributed by atoms with E-state index in [0.717, 1.165) is 10.9 Å². The molecule has 0 aliphatic carbocycles. The molecule has 0 spiro atoms. The van der Waals surface area contributed by atoms with Crippen molar-refractivity contribution in [3.63, 3.8) is 0 Å². The zero-order chi connectivity index (χ0) is 17.4. The molecule has 0 radical (unpaired) electrons. The van der Waals surface area contributed by atoms with Gasteiger partial charge in [0.25, 0.3) is 10.0 Å². The first-order valence-corrected chi connectivity index (χ1v) is 9.56. The van der Waals surface area contributed by atoms with E-state index >= 15 is 0 Å². The lowest BCUT2D eigenvalue weighted by Gasteiger charge is -2.12. The second-order valence-corrected chi connectivity index (χ2v) is 7.90. The molecule has 0 bridgehead atoms. The Hall–Kier alpha value is -2.56. The first-order valence-electron chi connectivity index (χ1n) is 7.74. The molecule has 124 valence electrons. The lowest BCUT2D eigenvalue weighted by atomic mass is 10.1. The zero-order valence-corrected chi connectivity index (χ0v) is 14.7. The third-order valence-electron chi connectivity index (χ3n) is 4.07. The van der Waals surface area contributed by atoms with Crippen LogP contribution in [0.15, 0.2) is 89.8 Å². The van der Waals surface area contributed by atoms with E-state index in [9.17, 15) is 8.42 Å². The minimum atomic E-state index is -3.74. The van der Waals surface area contributed by atoms with Crippen molar-refractivity contribution in [1.82, 2.24) is 3.97 Å². The van der Waals surface area contributed by atoms with Crippen molar-refractivity contribution < 1.29 is 8.42 Å². The van der Waals surface area contributed by atoms with Crippen LogP contribution >= 0.6 is 11.6 Å². The molecule has 0 amide bonds. The third-order valence-corrected chi connectivity index (χ3v) is 6.05. The highest BCUT2D eigenvalue weighted by atomic mass is 35.5. The average Bonchev–Trinajstić information content (AvgIpc) is 3.02. The maximum atomic E-state index is 13.3. The Bertz CT molecular complexity index is 1150. The SMILES string of the molecule is O=S(=O)(c1ccccc1)n1c(-c2ccccc2)cc2cc(Cl)ccc21. The van der Waals surface area contributed by atoms with Gasteiger partial charge in [0.05, 0.1) is 16.1 Å². The van der Waals surface area contributed by atoms with Crippen molar-refractivity contribution in [3.8, 4) is 11.3 Å². The fourth-order valence-corrected chi connectivity index (χ4v) is 4.66. The lowest BCUT2D eigenvalue weighted by Crippen LogP contribution is -2.14. The summed E-state index contributed by atoms with van der Waals surface area (Å²) in [5.74, 6) is 0. The van der Waals surface area contributed by atoms with Gasteiger partial charge in [-0.2, -0.15) is 0 Å². The van der Waals surface area contributed by atoms with Crippen molar-refractivity contribution in [1.29, 1.82) is 0 Å². The predicted molar refractivity (Wildman–Crippen MR) is 101 cm³/mol. The number of hydrogen-bond acceptors (Lipinski definition) is 2. The molecule has 0 aliphatic rings. The van der Waals surface area contributed by atoms with E-state index in [0.29, 0.717) is 16.2 Å². The Morgan fingerprint density at radius 2 is 1.40 bits per heavy atom. The molecule has 4 aromatic rings. The van der Waals surface area contributed by atoms with E-state index in [4.69, 9.17) is 11.6 Å². The van der Waals surface area contributed by atoms with Crippen molar-refractivity contribution in [3.05, 3.63) is 90.0 Å². The Labute approximate surface area is 151 Å². The highest BCUT2D eigenvalue weighted by Gasteiger charge is 2.23. The average molecular weight is 368 g/mol. The van der Waals surface area contributed by atoms with E-state index in [1.165, 1.54) is 3.97 Å². The van der Waals surface area contributed by atoms with Crippen LogP contribution in [0.25, 0.3) is 22.2 Å². The lowest BCUT2D eigenvalue weighted by molar-refractivity contribution is 0.589. The number of halogens is 1. The molecule has 0 N–H and O–H groups in total. The molecule has 0 aliphatic heterocycles. The topological polar surface area (TPSA) is 39.1 Å². The molecule has 0 unspecified atom stereocenters. The minimum Gasteiger partial charge on any atom is -0.233 e. The van der Waals surface area contributed by atoms with E-state index in [2.05, 4.69) is 0 Å². The highest BCUT2D eigenvalue weighted by molar-refractivity contribution is 7.90. The number of hydrogen-bond donors (Lipinski definition) is 0. The van der Waals surface area contributed by atoms with Crippen LogP contribution in [0.5, 0.6) is 0 Å². The molecular formula is C20H14ClNO2S. The van der Waals surface area contributed by atoms with Gasteiger partial charge in [-0.3, -0.25) is 0 Å². The van der Waals surface area contributed by atoms with E-state index in [1.807, 2.05) is 36.4 Å². The van der Waals surface area contributed by atoms with Crippen LogP contribution in [0.4, 0.5) is 0 Å². The molecular weight excluding hydrogens is 354 g/mol.